The van der Waals surface area contributed by atoms with Crippen LogP contribution in [0.2, 0.25) is 0 Å². The minimum atomic E-state index is -0.925. The Hall–Kier alpha value is -1.74. The molecule has 0 bridgehead atoms. The van der Waals surface area contributed by atoms with Gasteiger partial charge >= 0.3 is 5.97 Å². The number of nitrogens with zero attached hydrogens (tertiary/aromatic N) is 1. The Morgan fingerprint density at radius 1 is 1.28 bits per heavy atom. The molecule has 1 aromatic rings. The van der Waals surface area contributed by atoms with Crippen LogP contribution in [-0.4, -0.2) is 66.5 Å². The van der Waals surface area contributed by atoms with Crippen LogP contribution in [0, 0.1) is 0 Å². The van der Waals surface area contributed by atoms with Gasteiger partial charge in [0.1, 0.15) is 6.04 Å². The zero-order valence-corrected chi connectivity index (χ0v) is 15.1. The van der Waals surface area contributed by atoms with Gasteiger partial charge in [-0.3, -0.25) is 15.1 Å². The summed E-state index contributed by atoms with van der Waals surface area (Å²) in [6.45, 7) is 5.29. The standard InChI is InChI=1S/C17H26N4O3S/c22-16(23)15(13-14-5-2-1-3-6-14)19-20-17(25)18-7-4-8-21-9-11-24-12-10-21/h1-3,5-6,15,19H,4,7-13H2,(H,22,23)(H2,18,20,25)/t15-/m0/s1. The number of thiocarbonyl (C=S) groups is 1. The predicted octanol–water partition coefficient (Wildman–Crippen LogP) is 0.373. The maximum Gasteiger partial charge on any atom is 0.322 e. The van der Waals surface area contributed by atoms with Crippen molar-refractivity contribution in [2.45, 2.75) is 18.9 Å². The Balaban J connectivity index is 1.62. The van der Waals surface area contributed by atoms with Gasteiger partial charge in [0.15, 0.2) is 5.11 Å². The predicted molar refractivity (Wildman–Crippen MR) is 100 cm³/mol. The first-order chi connectivity index (χ1) is 12.1. The molecule has 0 spiro atoms. The molecular formula is C17H26N4O3S. The molecule has 7 nitrogen and oxygen atoms in total. The third kappa shape index (κ3) is 7.78. The summed E-state index contributed by atoms with van der Waals surface area (Å²) in [5.74, 6) is -0.925. The smallest absolute Gasteiger partial charge is 0.322 e. The van der Waals surface area contributed by atoms with Crippen LogP contribution in [0.25, 0.3) is 0 Å². The van der Waals surface area contributed by atoms with Crippen LogP contribution >= 0.6 is 12.2 Å². The van der Waals surface area contributed by atoms with Gasteiger partial charge in [-0.2, -0.15) is 0 Å². The fourth-order valence-electron chi connectivity index (χ4n) is 2.58. The van der Waals surface area contributed by atoms with Crippen molar-refractivity contribution in [1.82, 2.24) is 21.1 Å². The van der Waals surface area contributed by atoms with Gasteiger partial charge in [-0.15, -0.1) is 0 Å². The summed E-state index contributed by atoms with van der Waals surface area (Å²) >= 11 is 5.18. The third-order valence-electron chi connectivity index (χ3n) is 3.98. The van der Waals surface area contributed by atoms with Gasteiger partial charge in [-0.05, 0) is 30.7 Å². The second-order valence-electron chi connectivity index (χ2n) is 5.91. The van der Waals surface area contributed by atoms with Crippen molar-refractivity contribution in [1.29, 1.82) is 0 Å². The lowest BCUT2D eigenvalue weighted by molar-refractivity contribution is -0.139. The Kier molecular flexibility index (Phi) is 8.61. The fourth-order valence-corrected chi connectivity index (χ4v) is 2.74. The van der Waals surface area contributed by atoms with Crippen molar-refractivity contribution in [2.75, 3.05) is 39.4 Å². The largest absolute Gasteiger partial charge is 0.480 e. The first-order valence-corrected chi connectivity index (χ1v) is 8.92. The summed E-state index contributed by atoms with van der Waals surface area (Å²) in [5, 5.41) is 12.8. The second kappa shape index (κ2) is 11.0. The molecule has 1 atom stereocenters. The van der Waals surface area contributed by atoms with Crippen molar-refractivity contribution in [3.63, 3.8) is 0 Å². The van der Waals surface area contributed by atoms with Gasteiger partial charge in [-0.25, -0.2) is 5.43 Å². The van der Waals surface area contributed by atoms with Crippen LogP contribution in [0.3, 0.4) is 0 Å². The van der Waals surface area contributed by atoms with Gasteiger partial charge in [-0.1, -0.05) is 30.3 Å². The van der Waals surface area contributed by atoms with E-state index in [1.807, 2.05) is 30.3 Å². The van der Waals surface area contributed by atoms with E-state index < -0.39 is 12.0 Å². The van der Waals surface area contributed by atoms with Crippen molar-refractivity contribution in [3.05, 3.63) is 35.9 Å². The minimum absolute atomic E-state index is 0.378. The highest BCUT2D eigenvalue weighted by molar-refractivity contribution is 7.80. The van der Waals surface area contributed by atoms with Crippen LogP contribution < -0.4 is 16.2 Å². The van der Waals surface area contributed by atoms with Crippen LogP contribution in [-0.2, 0) is 16.0 Å². The number of ether oxygens (including phenoxy) is 1. The van der Waals surface area contributed by atoms with Gasteiger partial charge in [0, 0.05) is 26.1 Å². The molecule has 0 saturated carbocycles. The maximum absolute atomic E-state index is 11.4. The van der Waals surface area contributed by atoms with E-state index in [1.165, 1.54) is 0 Å². The molecule has 8 heteroatoms. The second-order valence-corrected chi connectivity index (χ2v) is 6.32. The molecule has 2 rings (SSSR count). The molecule has 1 aliphatic heterocycles. The number of hydrogen-bond acceptors (Lipinski definition) is 5. The molecule has 0 unspecified atom stereocenters. The van der Waals surface area contributed by atoms with Crippen molar-refractivity contribution in [3.8, 4) is 0 Å². The molecule has 25 heavy (non-hydrogen) atoms. The molecule has 4 N–H and O–H groups in total. The maximum atomic E-state index is 11.4. The number of rotatable bonds is 9. The molecule has 1 aromatic carbocycles. The number of carboxylic acids is 1. The minimum Gasteiger partial charge on any atom is -0.480 e. The van der Waals surface area contributed by atoms with Gasteiger partial charge in [0.25, 0.3) is 0 Å². The molecule has 138 valence electrons. The summed E-state index contributed by atoms with van der Waals surface area (Å²) in [5.41, 5.74) is 6.51. The Bertz CT molecular complexity index is 538. The molecule has 1 fully saturated rings. The van der Waals surface area contributed by atoms with E-state index in [9.17, 15) is 9.90 Å². The first-order valence-electron chi connectivity index (χ1n) is 8.51. The fraction of sp³-hybridized carbons (Fsp3) is 0.529. The molecule has 0 aromatic heterocycles. The highest BCUT2D eigenvalue weighted by atomic mass is 32.1. The molecule has 0 aliphatic carbocycles. The summed E-state index contributed by atoms with van der Waals surface area (Å²) < 4.78 is 5.32. The zero-order valence-electron chi connectivity index (χ0n) is 14.2. The van der Waals surface area contributed by atoms with Crippen LogP contribution in [0.4, 0.5) is 0 Å². The van der Waals surface area contributed by atoms with E-state index in [0.717, 1.165) is 51.4 Å². The van der Waals surface area contributed by atoms with Gasteiger partial charge in [0.05, 0.1) is 13.2 Å². The number of hydrazine groups is 1. The van der Waals surface area contributed by atoms with Crippen molar-refractivity contribution in [2.24, 2.45) is 0 Å². The quantitative estimate of drug-likeness (QED) is 0.283. The summed E-state index contributed by atoms with van der Waals surface area (Å²) in [7, 11) is 0. The number of benzene rings is 1. The van der Waals surface area contributed by atoms with Crippen molar-refractivity contribution >= 4 is 23.3 Å². The lowest BCUT2D eigenvalue weighted by atomic mass is 10.1. The average molecular weight is 366 g/mol. The lowest BCUT2D eigenvalue weighted by Gasteiger charge is -2.26. The van der Waals surface area contributed by atoms with Gasteiger partial charge in [0.2, 0.25) is 0 Å². The van der Waals surface area contributed by atoms with Crippen LogP contribution in [0.5, 0.6) is 0 Å². The Morgan fingerprint density at radius 3 is 2.68 bits per heavy atom. The number of carboxylic acid groups (broad SMARTS) is 1. The number of morpholine rings is 1. The summed E-state index contributed by atoms with van der Waals surface area (Å²) in [6, 6.07) is 8.74. The normalized spacial score (nSPS) is 16.2. The number of nitrogens with one attached hydrogen (secondary N) is 3. The third-order valence-corrected chi connectivity index (χ3v) is 4.23. The molecule has 1 saturated heterocycles. The van der Waals surface area contributed by atoms with E-state index in [1.54, 1.807) is 0 Å². The zero-order chi connectivity index (χ0) is 17.9. The molecule has 0 amide bonds. The Morgan fingerprint density at radius 2 is 2.00 bits per heavy atom. The monoisotopic (exact) mass is 366 g/mol. The lowest BCUT2D eigenvalue weighted by Crippen LogP contribution is -2.52. The molecule has 1 heterocycles. The van der Waals surface area contributed by atoms with E-state index in [0.29, 0.717) is 11.5 Å². The van der Waals surface area contributed by atoms with Gasteiger partial charge < -0.3 is 15.2 Å². The topological polar surface area (TPSA) is 85.9 Å². The summed E-state index contributed by atoms with van der Waals surface area (Å²) in [6.07, 6.45) is 1.34. The molecular weight excluding hydrogens is 340 g/mol. The van der Waals surface area contributed by atoms with E-state index >= 15 is 0 Å². The number of hydrogen-bond donors (Lipinski definition) is 4. The van der Waals surface area contributed by atoms with Crippen LogP contribution in [0.1, 0.15) is 12.0 Å². The SMILES string of the molecule is O=C(O)[C@H](Cc1ccccc1)NNC(=S)NCCCN1CCOCC1. The first kappa shape index (κ1) is 19.6. The van der Waals surface area contributed by atoms with Crippen molar-refractivity contribution < 1.29 is 14.6 Å². The molecule has 0 radical (unpaired) electrons. The average Bonchev–Trinajstić information content (AvgIpc) is 2.63. The van der Waals surface area contributed by atoms with Crippen LogP contribution in [0.15, 0.2) is 30.3 Å². The Labute approximate surface area is 153 Å². The van der Waals surface area contributed by atoms with E-state index in [4.69, 9.17) is 17.0 Å². The highest BCUT2D eigenvalue weighted by Gasteiger charge is 2.17. The summed E-state index contributed by atoms with van der Waals surface area (Å²) in [4.78, 5) is 13.7. The van der Waals surface area contributed by atoms with E-state index in [-0.39, 0.29) is 0 Å². The molecule has 1 aliphatic rings. The highest BCUT2D eigenvalue weighted by Crippen LogP contribution is 2.03. The van der Waals surface area contributed by atoms with E-state index in [2.05, 4.69) is 21.1 Å². The number of aliphatic carboxylic acids is 1. The number of carbonyl (C=O) groups is 1.